The molecule has 1 aromatic carbocycles. The van der Waals surface area contributed by atoms with E-state index in [4.69, 9.17) is 11.6 Å². The van der Waals surface area contributed by atoms with Gasteiger partial charge >= 0.3 is 0 Å². The molecule has 2 unspecified atom stereocenters. The summed E-state index contributed by atoms with van der Waals surface area (Å²) in [5.74, 6) is -0.950. The minimum absolute atomic E-state index is 0.0884. The maximum Gasteiger partial charge on any atom is 0.143 e. The lowest BCUT2D eigenvalue weighted by atomic mass is 9.82. The van der Waals surface area contributed by atoms with Crippen LogP contribution in [0.4, 0.5) is 8.78 Å². The van der Waals surface area contributed by atoms with E-state index in [2.05, 4.69) is 22.9 Å². The van der Waals surface area contributed by atoms with Crippen molar-refractivity contribution in [2.24, 2.45) is 5.41 Å². The number of rotatable bonds is 2. The van der Waals surface area contributed by atoms with E-state index in [1.807, 2.05) is 0 Å². The maximum absolute atomic E-state index is 13.9. The normalized spacial score (nSPS) is 28.6. The van der Waals surface area contributed by atoms with Crippen LogP contribution in [0.3, 0.4) is 0 Å². The van der Waals surface area contributed by atoms with Crippen molar-refractivity contribution in [3.05, 3.63) is 33.8 Å². The molecular formula is C13H14BrClF2. The third-order valence-corrected chi connectivity index (χ3v) is 4.50. The third kappa shape index (κ3) is 2.82. The van der Waals surface area contributed by atoms with Crippen molar-refractivity contribution in [1.82, 2.24) is 0 Å². The average molecular weight is 324 g/mol. The molecule has 0 N–H and O–H groups in total. The SMILES string of the molecule is CC1(Cc2c(F)ccc(Br)c2F)CCC(Cl)C1. The molecule has 0 amide bonds. The van der Waals surface area contributed by atoms with Crippen LogP contribution >= 0.6 is 27.5 Å². The highest BCUT2D eigenvalue weighted by molar-refractivity contribution is 9.10. The van der Waals surface area contributed by atoms with Crippen molar-refractivity contribution in [2.45, 2.75) is 38.0 Å². The van der Waals surface area contributed by atoms with Crippen molar-refractivity contribution >= 4 is 27.5 Å². The van der Waals surface area contributed by atoms with Gasteiger partial charge in [-0.15, -0.1) is 11.6 Å². The van der Waals surface area contributed by atoms with Gasteiger partial charge in [-0.1, -0.05) is 6.92 Å². The Labute approximate surface area is 113 Å². The van der Waals surface area contributed by atoms with E-state index in [0.717, 1.165) is 19.3 Å². The van der Waals surface area contributed by atoms with Gasteiger partial charge in [0.1, 0.15) is 11.6 Å². The minimum Gasteiger partial charge on any atom is -0.207 e. The fraction of sp³-hybridized carbons (Fsp3) is 0.538. The molecule has 1 aliphatic carbocycles. The minimum atomic E-state index is -0.482. The zero-order chi connectivity index (χ0) is 12.6. The van der Waals surface area contributed by atoms with Gasteiger partial charge in [0.05, 0.1) is 4.47 Å². The summed E-state index contributed by atoms with van der Waals surface area (Å²) in [4.78, 5) is 0. The van der Waals surface area contributed by atoms with Crippen molar-refractivity contribution in [3.63, 3.8) is 0 Å². The first kappa shape index (κ1) is 13.3. The summed E-state index contributed by atoms with van der Waals surface area (Å²) in [7, 11) is 0. The van der Waals surface area contributed by atoms with Gasteiger partial charge in [0.25, 0.3) is 0 Å². The molecule has 4 heteroatoms. The van der Waals surface area contributed by atoms with Crippen LogP contribution in [0.25, 0.3) is 0 Å². The first-order valence-electron chi connectivity index (χ1n) is 5.68. The first-order valence-corrected chi connectivity index (χ1v) is 6.91. The molecule has 1 aliphatic rings. The van der Waals surface area contributed by atoms with Crippen LogP contribution in [-0.4, -0.2) is 5.38 Å². The van der Waals surface area contributed by atoms with Gasteiger partial charge in [0.15, 0.2) is 0 Å². The monoisotopic (exact) mass is 322 g/mol. The van der Waals surface area contributed by atoms with Crippen LogP contribution in [0.5, 0.6) is 0 Å². The van der Waals surface area contributed by atoms with Crippen molar-refractivity contribution < 1.29 is 8.78 Å². The molecule has 0 bridgehead atoms. The number of alkyl halides is 1. The van der Waals surface area contributed by atoms with Gasteiger partial charge in [-0.25, -0.2) is 8.78 Å². The number of hydrogen-bond donors (Lipinski definition) is 0. The Morgan fingerprint density at radius 3 is 2.76 bits per heavy atom. The Morgan fingerprint density at radius 1 is 1.47 bits per heavy atom. The van der Waals surface area contributed by atoms with Gasteiger partial charge in [-0.3, -0.25) is 0 Å². The topological polar surface area (TPSA) is 0 Å². The third-order valence-electron chi connectivity index (χ3n) is 3.52. The molecule has 2 atom stereocenters. The highest BCUT2D eigenvalue weighted by Crippen LogP contribution is 2.43. The molecule has 1 aromatic rings. The predicted molar refractivity (Wildman–Crippen MR) is 69.4 cm³/mol. The molecule has 0 aromatic heterocycles. The Hall–Kier alpha value is -0.150. The Morgan fingerprint density at radius 2 is 2.18 bits per heavy atom. The smallest absolute Gasteiger partial charge is 0.143 e. The van der Waals surface area contributed by atoms with E-state index >= 15 is 0 Å². The van der Waals surface area contributed by atoms with Gasteiger partial charge in [-0.05, 0) is 59.2 Å². The molecule has 0 aliphatic heterocycles. The molecule has 0 radical (unpaired) electrons. The summed E-state index contributed by atoms with van der Waals surface area (Å²) in [5.41, 5.74) is 0.0853. The molecule has 0 spiro atoms. The van der Waals surface area contributed by atoms with Gasteiger partial charge in [0.2, 0.25) is 0 Å². The second-order valence-electron chi connectivity index (χ2n) is 5.15. The molecular weight excluding hydrogens is 309 g/mol. The highest BCUT2D eigenvalue weighted by Gasteiger charge is 2.35. The Balaban J connectivity index is 2.27. The molecule has 0 nitrogen and oxygen atoms in total. The van der Waals surface area contributed by atoms with Crippen LogP contribution in [0.1, 0.15) is 31.7 Å². The lowest BCUT2D eigenvalue weighted by Crippen LogP contribution is -2.18. The molecule has 1 saturated carbocycles. The quantitative estimate of drug-likeness (QED) is 0.527. The van der Waals surface area contributed by atoms with E-state index < -0.39 is 11.6 Å². The summed E-state index contributed by atoms with van der Waals surface area (Å²) in [5, 5.41) is 0.137. The van der Waals surface area contributed by atoms with Crippen molar-refractivity contribution in [1.29, 1.82) is 0 Å². The average Bonchev–Trinajstić information content (AvgIpc) is 2.60. The van der Waals surface area contributed by atoms with E-state index in [9.17, 15) is 8.78 Å². The highest BCUT2D eigenvalue weighted by atomic mass is 79.9. The predicted octanol–water partition coefficient (Wildman–Crippen LogP) is 5.07. The lowest BCUT2D eigenvalue weighted by Gasteiger charge is -2.24. The number of benzene rings is 1. The van der Waals surface area contributed by atoms with E-state index in [1.165, 1.54) is 12.1 Å². The molecule has 0 heterocycles. The largest absolute Gasteiger partial charge is 0.207 e. The Kier molecular flexibility index (Phi) is 3.79. The summed E-state index contributed by atoms with van der Waals surface area (Å²) in [6.45, 7) is 2.05. The molecule has 94 valence electrons. The zero-order valence-corrected chi connectivity index (χ0v) is 11.9. The Bertz CT molecular complexity index is 436. The summed E-state index contributed by atoms with van der Waals surface area (Å²) >= 11 is 9.17. The van der Waals surface area contributed by atoms with Crippen LogP contribution < -0.4 is 0 Å². The van der Waals surface area contributed by atoms with Crippen LogP contribution in [-0.2, 0) is 6.42 Å². The van der Waals surface area contributed by atoms with Crippen molar-refractivity contribution in [3.8, 4) is 0 Å². The van der Waals surface area contributed by atoms with Crippen LogP contribution in [0.15, 0.2) is 16.6 Å². The lowest BCUT2D eigenvalue weighted by molar-refractivity contribution is 0.323. The summed E-state index contributed by atoms with van der Waals surface area (Å²) in [6, 6.07) is 2.70. The standard InChI is InChI=1S/C13H14BrClF2/c1-13(5-4-8(15)6-13)7-9-11(16)3-2-10(14)12(9)17/h2-3,8H,4-7H2,1H3. The summed E-state index contributed by atoms with van der Waals surface area (Å²) in [6.07, 6.45) is 3.08. The van der Waals surface area contributed by atoms with Crippen LogP contribution in [0.2, 0.25) is 0 Å². The van der Waals surface area contributed by atoms with Crippen LogP contribution in [0, 0.1) is 17.0 Å². The van der Waals surface area contributed by atoms with Gasteiger partial charge in [-0.2, -0.15) is 0 Å². The van der Waals surface area contributed by atoms with E-state index in [1.54, 1.807) is 0 Å². The zero-order valence-electron chi connectivity index (χ0n) is 9.57. The first-order chi connectivity index (χ1) is 7.91. The van der Waals surface area contributed by atoms with E-state index in [0.29, 0.717) is 10.9 Å². The van der Waals surface area contributed by atoms with Gasteiger partial charge in [0, 0.05) is 10.9 Å². The number of halogens is 4. The fourth-order valence-electron chi connectivity index (χ4n) is 2.56. The molecule has 17 heavy (non-hydrogen) atoms. The molecule has 0 saturated heterocycles. The molecule has 1 fully saturated rings. The fourth-order valence-corrected chi connectivity index (χ4v) is 3.42. The second kappa shape index (κ2) is 4.85. The maximum atomic E-state index is 13.9. The second-order valence-corrected chi connectivity index (χ2v) is 6.62. The summed E-state index contributed by atoms with van der Waals surface area (Å²) < 4.78 is 27.8. The van der Waals surface area contributed by atoms with E-state index in [-0.39, 0.29) is 16.4 Å². The number of hydrogen-bond acceptors (Lipinski definition) is 0. The van der Waals surface area contributed by atoms with Gasteiger partial charge < -0.3 is 0 Å². The molecule has 2 rings (SSSR count). The van der Waals surface area contributed by atoms with Crippen molar-refractivity contribution in [2.75, 3.05) is 0 Å².